The van der Waals surface area contributed by atoms with Crippen LogP contribution in [-0.4, -0.2) is 11.1 Å². The first-order valence-corrected chi connectivity index (χ1v) is 7.24. The number of nitrogens with zero attached hydrogens (tertiary/aromatic N) is 1. The number of aromatic nitrogens is 1. The van der Waals surface area contributed by atoms with Crippen molar-refractivity contribution in [3.63, 3.8) is 0 Å². The molecule has 3 atom stereocenters. The second kappa shape index (κ2) is 6.23. The van der Waals surface area contributed by atoms with Gasteiger partial charge in [0.15, 0.2) is 0 Å². The van der Waals surface area contributed by atoms with Gasteiger partial charge in [-0.15, -0.1) is 0 Å². The molecule has 0 amide bonds. The van der Waals surface area contributed by atoms with E-state index in [9.17, 15) is 0 Å². The van der Waals surface area contributed by atoms with Gasteiger partial charge in [-0.1, -0.05) is 37.0 Å². The van der Waals surface area contributed by atoms with Crippen LogP contribution in [0, 0.1) is 11.8 Å². The molecule has 0 saturated heterocycles. The monoisotopic (exact) mass is 287 g/mol. The van der Waals surface area contributed by atoms with Crippen molar-refractivity contribution < 1.29 is 4.74 Å². The van der Waals surface area contributed by atoms with Gasteiger partial charge in [0.2, 0.25) is 0 Å². The highest BCUT2D eigenvalue weighted by Crippen LogP contribution is 2.31. The molecule has 1 aliphatic rings. The summed E-state index contributed by atoms with van der Waals surface area (Å²) in [6.07, 6.45) is 3.82. The summed E-state index contributed by atoms with van der Waals surface area (Å²) in [5.41, 5.74) is 0.732. The molecule has 1 aliphatic carbocycles. The largest absolute Gasteiger partial charge is 0.372 e. The van der Waals surface area contributed by atoms with Crippen LogP contribution in [-0.2, 0) is 11.3 Å². The minimum Gasteiger partial charge on any atom is -0.372 e. The van der Waals surface area contributed by atoms with Crippen molar-refractivity contribution in [2.45, 2.75) is 45.8 Å². The van der Waals surface area contributed by atoms with Crippen LogP contribution in [0.4, 0.5) is 0 Å². The van der Waals surface area contributed by atoms with Crippen LogP contribution in [0.2, 0.25) is 10.2 Å². The quantitative estimate of drug-likeness (QED) is 0.750. The van der Waals surface area contributed by atoms with Gasteiger partial charge < -0.3 is 4.74 Å². The zero-order chi connectivity index (χ0) is 13.1. The highest BCUT2D eigenvalue weighted by molar-refractivity contribution is 6.32. The van der Waals surface area contributed by atoms with Gasteiger partial charge in [0.05, 0.1) is 23.4 Å². The van der Waals surface area contributed by atoms with Crippen molar-refractivity contribution in [1.82, 2.24) is 4.98 Å². The second-order valence-electron chi connectivity index (χ2n) is 5.26. The molecule has 0 bridgehead atoms. The van der Waals surface area contributed by atoms with Gasteiger partial charge in [-0.2, -0.15) is 0 Å². The summed E-state index contributed by atoms with van der Waals surface area (Å²) in [5.74, 6) is 1.53. The van der Waals surface area contributed by atoms with Gasteiger partial charge in [0, 0.05) is 0 Å². The molecule has 0 aromatic carbocycles. The maximum Gasteiger partial charge on any atom is 0.129 e. The van der Waals surface area contributed by atoms with Crippen molar-refractivity contribution in [3.8, 4) is 0 Å². The fourth-order valence-corrected chi connectivity index (χ4v) is 2.73. The van der Waals surface area contributed by atoms with E-state index in [0.717, 1.165) is 30.4 Å². The van der Waals surface area contributed by atoms with E-state index < -0.39 is 0 Å². The highest BCUT2D eigenvalue weighted by Gasteiger charge is 2.25. The van der Waals surface area contributed by atoms with Gasteiger partial charge in [-0.3, -0.25) is 0 Å². The van der Waals surface area contributed by atoms with Crippen molar-refractivity contribution in [2.75, 3.05) is 0 Å². The Kier molecular flexibility index (Phi) is 4.88. The van der Waals surface area contributed by atoms with Crippen LogP contribution in [0.5, 0.6) is 0 Å². The van der Waals surface area contributed by atoms with E-state index in [1.165, 1.54) is 6.42 Å². The minimum atomic E-state index is 0.327. The molecule has 1 saturated carbocycles. The second-order valence-corrected chi connectivity index (χ2v) is 6.06. The summed E-state index contributed by atoms with van der Waals surface area (Å²) in [6, 6.07) is 3.46. The van der Waals surface area contributed by atoms with E-state index in [4.69, 9.17) is 27.9 Å². The molecule has 100 valence electrons. The molecule has 2 nitrogen and oxygen atoms in total. The number of pyridine rings is 1. The zero-order valence-corrected chi connectivity index (χ0v) is 12.3. The minimum absolute atomic E-state index is 0.327. The Morgan fingerprint density at radius 3 is 2.72 bits per heavy atom. The average Bonchev–Trinajstić information content (AvgIpc) is 2.34. The van der Waals surface area contributed by atoms with Crippen molar-refractivity contribution in [1.29, 1.82) is 0 Å². The molecule has 0 N–H and O–H groups in total. The molecule has 0 aliphatic heterocycles. The Labute approximate surface area is 119 Å². The van der Waals surface area contributed by atoms with Crippen LogP contribution in [0.25, 0.3) is 0 Å². The van der Waals surface area contributed by atoms with E-state index >= 15 is 0 Å². The SMILES string of the molecule is CC1CCC(OCc2nc(Cl)ccc2Cl)CC1C. The lowest BCUT2D eigenvalue weighted by molar-refractivity contribution is -0.00871. The molecule has 0 spiro atoms. The molecular weight excluding hydrogens is 269 g/mol. The molecular formula is C14H19Cl2NO. The summed E-state index contributed by atoms with van der Waals surface area (Å²) >= 11 is 11.9. The number of ether oxygens (including phenoxy) is 1. The Bertz CT molecular complexity index is 411. The Hall–Kier alpha value is -0.310. The highest BCUT2D eigenvalue weighted by atomic mass is 35.5. The molecule has 1 aromatic heterocycles. The van der Waals surface area contributed by atoms with Crippen molar-refractivity contribution >= 4 is 23.2 Å². The lowest BCUT2D eigenvalue weighted by atomic mass is 9.80. The third-order valence-electron chi connectivity index (χ3n) is 3.89. The van der Waals surface area contributed by atoms with Gasteiger partial charge in [-0.05, 0) is 43.2 Å². The number of hydrogen-bond donors (Lipinski definition) is 0. The van der Waals surface area contributed by atoms with Gasteiger partial charge in [-0.25, -0.2) is 4.98 Å². The zero-order valence-electron chi connectivity index (χ0n) is 10.8. The Morgan fingerprint density at radius 2 is 2.00 bits per heavy atom. The average molecular weight is 288 g/mol. The van der Waals surface area contributed by atoms with Gasteiger partial charge in [0.25, 0.3) is 0 Å². The first-order valence-electron chi connectivity index (χ1n) is 6.48. The summed E-state index contributed by atoms with van der Waals surface area (Å²) in [7, 11) is 0. The molecule has 18 heavy (non-hydrogen) atoms. The molecule has 2 rings (SSSR count). The third-order valence-corrected chi connectivity index (χ3v) is 4.45. The van der Waals surface area contributed by atoms with Crippen molar-refractivity contribution in [3.05, 3.63) is 28.0 Å². The lowest BCUT2D eigenvalue weighted by Gasteiger charge is -2.31. The first-order chi connectivity index (χ1) is 8.56. The number of halogens is 2. The fourth-order valence-electron chi connectivity index (χ4n) is 2.41. The van der Waals surface area contributed by atoms with Crippen LogP contribution in [0.1, 0.15) is 38.8 Å². The van der Waals surface area contributed by atoms with Crippen LogP contribution in [0.15, 0.2) is 12.1 Å². The van der Waals surface area contributed by atoms with E-state index in [2.05, 4.69) is 18.8 Å². The first kappa shape index (κ1) is 14.1. The van der Waals surface area contributed by atoms with E-state index in [1.54, 1.807) is 12.1 Å². The number of rotatable bonds is 3. The number of hydrogen-bond acceptors (Lipinski definition) is 2. The molecule has 1 aromatic rings. The van der Waals surface area contributed by atoms with E-state index in [-0.39, 0.29) is 0 Å². The lowest BCUT2D eigenvalue weighted by Crippen LogP contribution is -2.26. The predicted molar refractivity (Wildman–Crippen MR) is 75.0 cm³/mol. The standard InChI is InChI=1S/C14H19Cl2NO/c1-9-3-4-11(7-10(9)2)18-8-13-12(15)5-6-14(16)17-13/h5-6,9-11H,3-4,7-8H2,1-2H3. The fraction of sp³-hybridized carbons (Fsp3) is 0.643. The van der Waals surface area contributed by atoms with Gasteiger partial charge >= 0.3 is 0 Å². The van der Waals surface area contributed by atoms with Crippen LogP contribution < -0.4 is 0 Å². The Balaban J connectivity index is 1.90. The normalized spacial score (nSPS) is 28.3. The van der Waals surface area contributed by atoms with Crippen LogP contribution >= 0.6 is 23.2 Å². The Morgan fingerprint density at radius 1 is 1.22 bits per heavy atom. The van der Waals surface area contributed by atoms with Gasteiger partial charge in [0.1, 0.15) is 5.15 Å². The summed E-state index contributed by atoms with van der Waals surface area (Å²) in [4.78, 5) is 4.20. The smallest absolute Gasteiger partial charge is 0.129 e. The summed E-state index contributed by atoms with van der Waals surface area (Å²) in [5, 5.41) is 1.08. The predicted octanol–water partition coefficient (Wildman–Crippen LogP) is 4.73. The molecule has 0 radical (unpaired) electrons. The topological polar surface area (TPSA) is 22.1 Å². The molecule has 1 heterocycles. The molecule has 4 heteroatoms. The third kappa shape index (κ3) is 3.59. The van der Waals surface area contributed by atoms with E-state index in [1.807, 2.05) is 0 Å². The van der Waals surface area contributed by atoms with E-state index in [0.29, 0.717) is 22.9 Å². The maximum atomic E-state index is 6.06. The molecule has 1 fully saturated rings. The summed E-state index contributed by atoms with van der Waals surface area (Å²) < 4.78 is 5.92. The molecule has 3 unspecified atom stereocenters. The van der Waals surface area contributed by atoms with Crippen LogP contribution in [0.3, 0.4) is 0 Å². The van der Waals surface area contributed by atoms with Crippen molar-refractivity contribution in [2.24, 2.45) is 11.8 Å². The maximum absolute atomic E-state index is 6.06. The summed E-state index contributed by atoms with van der Waals surface area (Å²) in [6.45, 7) is 5.06.